The van der Waals surface area contributed by atoms with Gasteiger partial charge in [-0.2, -0.15) is 0 Å². The molecule has 0 fully saturated rings. The van der Waals surface area contributed by atoms with E-state index in [1.54, 1.807) is 36.4 Å². The molecule has 0 saturated heterocycles. The van der Waals surface area contributed by atoms with Gasteiger partial charge in [-0.25, -0.2) is 4.79 Å². The number of hydrogen-bond acceptors (Lipinski definition) is 4. The number of benzene rings is 2. The lowest BCUT2D eigenvalue weighted by molar-refractivity contribution is -0.116. The van der Waals surface area contributed by atoms with E-state index in [0.29, 0.717) is 17.9 Å². The predicted octanol–water partition coefficient (Wildman–Crippen LogP) is 3.36. The predicted molar refractivity (Wildman–Crippen MR) is 113 cm³/mol. The summed E-state index contributed by atoms with van der Waals surface area (Å²) in [5.74, 6) is -0.442. The lowest BCUT2D eigenvalue weighted by Crippen LogP contribution is -2.36. The molecule has 4 amide bonds. The largest absolute Gasteiger partial charge is 0.459 e. The number of carbonyl (C=O) groups is 3. The molecule has 0 bridgehead atoms. The van der Waals surface area contributed by atoms with Crippen LogP contribution in [0.1, 0.15) is 22.5 Å². The third kappa shape index (κ3) is 6.52. The summed E-state index contributed by atoms with van der Waals surface area (Å²) >= 11 is 0. The van der Waals surface area contributed by atoms with Crippen LogP contribution in [0.5, 0.6) is 0 Å². The topological polar surface area (TPSA) is 112 Å². The van der Waals surface area contributed by atoms with Gasteiger partial charge in [-0.1, -0.05) is 36.4 Å². The molecule has 8 heteroatoms. The Bertz CT molecular complexity index is 987. The van der Waals surface area contributed by atoms with Gasteiger partial charge < -0.3 is 25.7 Å². The summed E-state index contributed by atoms with van der Waals surface area (Å²) in [6, 6.07) is 19.1. The molecule has 3 aromatic rings. The van der Waals surface area contributed by atoms with E-state index in [4.69, 9.17) is 4.42 Å². The SMILES string of the molecule is O=C(CCNC(=O)NCc1ccccc1)Nc1cccc(NC(=O)c2ccco2)c1. The molecule has 30 heavy (non-hydrogen) atoms. The molecule has 0 atom stereocenters. The van der Waals surface area contributed by atoms with Crippen molar-refractivity contribution in [3.63, 3.8) is 0 Å². The second-order valence-electron chi connectivity index (χ2n) is 6.41. The molecule has 0 aliphatic carbocycles. The van der Waals surface area contributed by atoms with Gasteiger partial charge in [0.1, 0.15) is 0 Å². The standard InChI is InChI=1S/C22H22N4O4/c27-20(11-12-23-22(29)24-15-16-6-2-1-3-7-16)25-17-8-4-9-18(14-17)26-21(28)19-10-5-13-30-19/h1-10,13-14H,11-12,15H2,(H,25,27)(H,26,28)(H2,23,24,29). The van der Waals surface area contributed by atoms with Crippen LogP contribution in [0.2, 0.25) is 0 Å². The summed E-state index contributed by atoms with van der Waals surface area (Å²) < 4.78 is 5.05. The number of nitrogens with one attached hydrogen (secondary N) is 4. The van der Waals surface area contributed by atoms with Gasteiger partial charge in [0.05, 0.1) is 6.26 Å². The molecule has 154 valence electrons. The first-order valence-electron chi connectivity index (χ1n) is 9.40. The van der Waals surface area contributed by atoms with E-state index in [1.165, 1.54) is 6.26 Å². The molecule has 0 spiro atoms. The fraction of sp³-hybridized carbons (Fsp3) is 0.136. The van der Waals surface area contributed by atoms with E-state index in [-0.39, 0.29) is 36.6 Å². The summed E-state index contributed by atoms with van der Waals surface area (Å²) in [6.45, 7) is 0.608. The maximum atomic E-state index is 12.1. The highest BCUT2D eigenvalue weighted by Gasteiger charge is 2.10. The van der Waals surface area contributed by atoms with E-state index in [9.17, 15) is 14.4 Å². The van der Waals surface area contributed by atoms with Gasteiger partial charge >= 0.3 is 6.03 Å². The molecule has 0 saturated carbocycles. The van der Waals surface area contributed by atoms with Crippen LogP contribution in [0, 0.1) is 0 Å². The van der Waals surface area contributed by atoms with Crippen LogP contribution < -0.4 is 21.3 Å². The Balaban J connectivity index is 1.39. The third-order valence-corrected chi connectivity index (χ3v) is 4.08. The Labute approximate surface area is 173 Å². The first-order chi connectivity index (χ1) is 14.6. The van der Waals surface area contributed by atoms with E-state index in [0.717, 1.165) is 5.56 Å². The monoisotopic (exact) mass is 406 g/mol. The molecule has 0 radical (unpaired) electrons. The van der Waals surface area contributed by atoms with Crippen molar-refractivity contribution in [3.8, 4) is 0 Å². The van der Waals surface area contributed by atoms with Gasteiger partial charge in [-0.3, -0.25) is 9.59 Å². The van der Waals surface area contributed by atoms with Crippen LogP contribution in [-0.2, 0) is 11.3 Å². The van der Waals surface area contributed by atoms with Crippen molar-refractivity contribution in [1.29, 1.82) is 0 Å². The van der Waals surface area contributed by atoms with Gasteiger partial charge in [0.25, 0.3) is 5.91 Å². The summed E-state index contributed by atoms with van der Waals surface area (Å²) in [4.78, 5) is 35.9. The van der Waals surface area contributed by atoms with E-state index >= 15 is 0 Å². The zero-order chi connectivity index (χ0) is 21.2. The zero-order valence-corrected chi connectivity index (χ0v) is 16.2. The quantitative estimate of drug-likeness (QED) is 0.459. The zero-order valence-electron chi connectivity index (χ0n) is 16.2. The van der Waals surface area contributed by atoms with Crippen LogP contribution in [0.25, 0.3) is 0 Å². The lowest BCUT2D eigenvalue weighted by Gasteiger charge is -2.09. The normalized spacial score (nSPS) is 10.1. The highest BCUT2D eigenvalue weighted by Crippen LogP contribution is 2.16. The van der Waals surface area contributed by atoms with Crippen molar-refractivity contribution in [2.24, 2.45) is 0 Å². The molecule has 0 aliphatic rings. The molecule has 8 nitrogen and oxygen atoms in total. The minimum absolute atomic E-state index is 0.113. The van der Waals surface area contributed by atoms with Crippen molar-refractivity contribution < 1.29 is 18.8 Å². The van der Waals surface area contributed by atoms with Crippen molar-refractivity contribution in [2.75, 3.05) is 17.2 Å². The van der Waals surface area contributed by atoms with Crippen molar-refractivity contribution in [3.05, 3.63) is 84.3 Å². The lowest BCUT2D eigenvalue weighted by atomic mass is 10.2. The van der Waals surface area contributed by atoms with Crippen LogP contribution in [-0.4, -0.2) is 24.4 Å². The summed E-state index contributed by atoms with van der Waals surface area (Å²) in [5, 5.41) is 10.8. The van der Waals surface area contributed by atoms with Gasteiger partial charge in [-0.15, -0.1) is 0 Å². The summed E-state index contributed by atoms with van der Waals surface area (Å²) in [7, 11) is 0. The second kappa shape index (κ2) is 10.5. The minimum atomic E-state index is -0.380. The Morgan fingerprint density at radius 3 is 2.30 bits per heavy atom. The molecular formula is C22H22N4O4. The number of amides is 4. The summed E-state index contributed by atoms with van der Waals surface area (Å²) in [6.07, 6.45) is 1.53. The van der Waals surface area contributed by atoms with E-state index < -0.39 is 0 Å². The van der Waals surface area contributed by atoms with Crippen LogP contribution in [0.4, 0.5) is 16.2 Å². The van der Waals surface area contributed by atoms with E-state index in [1.807, 2.05) is 30.3 Å². The Kier molecular flexibility index (Phi) is 7.21. The van der Waals surface area contributed by atoms with Crippen LogP contribution in [0.15, 0.2) is 77.4 Å². The van der Waals surface area contributed by atoms with Crippen LogP contribution in [0.3, 0.4) is 0 Å². The first-order valence-corrected chi connectivity index (χ1v) is 9.40. The second-order valence-corrected chi connectivity index (χ2v) is 6.41. The third-order valence-electron chi connectivity index (χ3n) is 4.08. The highest BCUT2D eigenvalue weighted by atomic mass is 16.3. The number of urea groups is 1. The Morgan fingerprint density at radius 1 is 0.800 bits per heavy atom. The fourth-order valence-corrected chi connectivity index (χ4v) is 2.63. The maximum Gasteiger partial charge on any atom is 0.315 e. The van der Waals surface area contributed by atoms with E-state index in [2.05, 4.69) is 21.3 Å². The number of carbonyl (C=O) groups excluding carboxylic acids is 3. The van der Waals surface area contributed by atoms with Crippen LogP contribution >= 0.6 is 0 Å². The molecule has 1 heterocycles. The molecule has 0 unspecified atom stereocenters. The molecule has 2 aromatic carbocycles. The minimum Gasteiger partial charge on any atom is -0.459 e. The highest BCUT2D eigenvalue weighted by molar-refractivity contribution is 6.02. The molecular weight excluding hydrogens is 384 g/mol. The van der Waals surface area contributed by atoms with Gasteiger partial charge in [-0.05, 0) is 35.9 Å². The molecule has 1 aromatic heterocycles. The average molecular weight is 406 g/mol. The Morgan fingerprint density at radius 2 is 1.57 bits per heavy atom. The van der Waals surface area contributed by atoms with Crippen molar-refractivity contribution in [1.82, 2.24) is 10.6 Å². The molecule has 3 rings (SSSR count). The van der Waals surface area contributed by atoms with Gasteiger partial charge in [0.15, 0.2) is 5.76 Å². The summed E-state index contributed by atoms with van der Waals surface area (Å²) in [5.41, 5.74) is 2.04. The number of rotatable bonds is 8. The molecule has 4 N–H and O–H groups in total. The first kappa shape index (κ1) is 20.7. The van der Waals surface area contributed by atoms with Gasteiger partial charge in [0, 0.05) is 30.9 Å². The molecule has 0 aliphatic heterocycles. The maximum absolute atomic E-state index is 12.1. The fourth-order valence-electron chi connectivity index (χ4n) is 2.63. The van der Waals surface area contributed by atoms with Crippen molar-refractivity contribution >= 4 is 29.2 Å². The van der Waals surface area contributed by atoms with Crippen molar-refractivity contribution in [2.45, 2.75) is 13.0 Å². The Hall–Kier alpha value is -4.07. The average Bonchev–Trinajstić information content (AvgIpc) is 3.28. The number of furan rings is 1. The smallest absolute Gasteiger partial charge is 0.315 e. The number of anilines is 2. The number of hydrogen-bond donors (Lipinski definition) is 4. The van der Waals surface area contributed by atoms with Gasteiger partial charge in [0.2, 0.25) is 5.91 Å².